The minimum Gasteiger partial charge on any atom is -0.474 e. The largest absolute Gasteiger partial charge is 0.474 e. The van der Waals surface area contributed by atoms with Gasteiger partial charge in [0, 0.05) is 18.3 Å². The average Bonchev–Trinajstić information content (AvgIpc) is 2.53. The summed E-state index contributed by atoms with van der Waals surface area (Å²) in [6.07, 6.45) is -3.19. The van der Waals surface area contributed by atoms with E-state index in [4.69, 9.17) is 4.74 Å². The maximum atomic E-state index is 13.4. The number of rotatable bonds is 2. The minimum atomic E-state index is -4.63. The number of non-ortho nitro benzene ring substituents is 1. The molecule has 0 radical (unpaired) electrons. The van der Waals surface area contributed by atoms with Crippen LogP contribution in [0.25, 0.3) is 0 Å². The number of ether oxygens (including phenoxy) is 1. The van der Waals surface area contributed by atoms with Gasteiger partial charge in [0.2, 0.25) is 5.60 Å². The quantitative estimate of drug-likeness (QED) is 0.614. The van der Waals surface area contributed by atoms with Crippen molar-refractivity contribution in [2.24, 2.45) is 0 Å². The lowest BCUT2D eigenvalue weighted by Gasteiger charge is -2.42. The molecular formula is C15H12F3N3O3. The van der Waals surface area contributed by atoms with Crippen molar-refractivity contribution in [3.63, 3.8) is 0 Å². The second-order valence-electron chi connectivity index (χ2n) is 5.51. The molecule has 24 heavy (non-hydrogen) atoms. The lowest BCUT2D eigenvalue weighted by Crippen LogP contribution is -2.57. The van der Waals surface area contributed by atoms with Gasteiger partial charge < -0.3 is 9.64 Å². The van der Waals surface area contributed by atoms with Gasteiger partial charge in [-0.15, -0.1) is 0 Å². The lowest BCUT2D eigenvalue weighted by atomic mass is 10.0. The van der Waals surface area contributed by atoms with Gasteiger partial charge in [0.05, 0.1) is 17.2 Å². The van der Waals surface area contributed by atoms with E-state index in [1.165, 1.54) is 29.3 Å². The molecule has 1 aliphatic rings. The Morgan fingerprint density at radius 1 is 1.33 bits per heavy atom. The number of benzene rings is 1. The van der Waals surface area contributed by atoms with E-state index >= 15 is 0 Å². The molecule has 1 aromatic carbocycles. The number of aromatic nitrogens is 1. The maximum absolute atomic E-state index is 13.4. The Hall–Kier alpha value is -2.84. The molecular weight excluding hydrogens is 327 g/mol. The van der Waals surface area contributed by atoms with Crippen LogP contribution in [0.2, 0.25) is 0 Å². The van der Waals surface area contributed by atoms with E-state index in [0.29, 0.717) is 0 Å². The van der Waals surface area contributed by atoms with Crippen LogP contribution in [0.4, 0.5) is 30.4 Å². The van der Waals surface area contributed by atoms with Crippen LogP contribution in [-0.2, 0) is 0 Å². The summed E-state index contributed by atoms with van der Waals surface area (Å²) in [7, 11) is 0. The van der Waals surface area contributed by atoms with Gasteiger partial charge in [0.1, 0.15) is 11.6 Å². The lowest BCUT2D eigenvalue weighted by molar-refractivity contribution is -0.384. The number of hydrogen-bond acceptors (Lipinski definition) is 5. The molecule has 6 nitrogen and oxygen atoms in total. The molecule has 2 aromatic rings. The van der Waals surface area contributed by atoms with Gasteiger partial charge in [-0.25, -0.2) is 4.98 Å². The summed E-state index contributed by atoms with van der Waals surface area (Å²) in [5.74, 6) is 0.162. The third kappa shape index (κ3) is 2.61. The maximum Gasteiger partial charge on any atom is 0.429 e. The number of nitro benzene ring substituents is 1. The number of nitrogens with zero attached hydrogens (tertiary/aromatic N) is 3. The van der Waals surface area contributed by atoms with Gasteiger partial charge >= 0.3 is 6.18 Å². The van der Waals surface area contributed by atoms with Gasteiger partial charge in [-0.3, -0.25) is 10.1 Å². The highest BCUT2D eigenvalue weighted by atomic mass is 19.4. The first kappa shape index (κ1) is 16.0. The van der Waals surface area contributed by atoms with Crippen LogP contribution in [0.5, 0.6) is 5.75 Å². The Morgan fingerprint density at radius 3 is 2.67 bits per heavy atom. The number of fused-ring (bicyclic) bond motifs is 1. The first-order chi connectivity index (χ1) is 11.2. The molecule has 0 bridgehead atoms. The SMILES string of the molecule is C[C@@]1(C(F)(F)F)CN(c2ccccn2)c2cc([N+](=O)[O-])ccc2O1. The molecule has 0 spiro atoms. The van der Waals surface area contributed by atoms with Crippen molar-refractivity contribution in [3.05, 3.63) is 52.7 Å². The summed E-state index contributed by atoms with van der Waals surface area (Å²) in [5.41, 5.74) is -2.54. The molecule has 0 saturated heterocycles. The number of halogens is 3. The highest BCUT2D eigenvalue weighted by Crippen LogP contribution is 2.47. The van der Waals surface area contributed by atoms with E-state index in [0.717, 1.165) is 13.0 Å². The molecule has 3 rings (SSSR count). The second-order valence-corrected chi connectivity index (χ2v) is 5.51. The van der Waals surface area contributed by atoms with Gasteiger partial charge in [-0.2, -0.15) is 13.2 Å². The molecule has 0 unspecified atom stereocenters. The Morgan fingerprint density at radius 2 is 2.08 bits per heavy atom. The summed E-state index contributed by atoms with van der Waals surface area (Å²) in [5, 5.41) is 11.0. The topological polar surface area (TPSA) is 68.5 Å². The van der Waals surface area contributed by atoms with Crippen LogP contribution in [0.15, 0.2) is 42.6 Å². The van der Waals surface area contributed by atoms with E-state index < -0.39 is 23.2 Å². The van der Waals surface area contributed by atoms with Crippen LogP contribution >= 0.6 is 0 Å². The molecule has 0 saturated carbocycles. The summed E-state index contributed by atoms with van der Waals surface area (Å²) in [4.78, 5) is 15.7. The average molecular weight is 339 g/mol. The smallest absolute Gasteiger partial charge is 0.429 e. The van der Waals surface area contributed by atoms with E-state index in [-0.39, 0.29) is 22.9 Å². The minimum absolute atomic E-state index is 0.0858. The fraction of sp³-hybridized carbons (Fsp3) is 0.267. The van der Waals surface area contributed by atoms with Crippen LogP contribution < -0.4 is 9.64 Å². The zero-order chi connectivity index (χ0) is 17.5. The summed E-state index contributed by atoms with van der Waals surface area (Å²) in [6, 6.07) is 8.25. The predicted octanol–water partition coefficient (Wildman–Crippen LogP) is 3.84. The summed E-state index contributed by atoms with van der Waals surface area (Å²) < 4.78 is 45.5. The number of hydrogen-bond donors (Lipinski definition) is 0. The van der Waals surface area contributed by atoms with Crippen LogP contribution in [-0.4, -0.2) is 28.2 Å². The van der Waals surface area contributed by atoms with Crippen LogP contribution in [0, 0.1) is 10.1 Å². The zero-order valence-corrected chi connectivity index (χ0v) is 12.4. The Bertz CT molecular complexity index is 783. The standard InChI is InChI=1S/C15H12F3N3O3/c1-14(15(16,17)18)9-20(13-4-2-3-7-19-13)11-8-10(21(22)23)5-6-12(11)24-14/h2-8H,9H2,1H3/t14-/m0/s1. The molecule has 126 valence electrons. The van der Waals surface area contributed by atoms with Crippen LogP contribution in [0.3, 0.4) is 0 Å². The van der Waals surface area contributed by atoms with Crippen molar-refractivity contribution in [2.45, 2.75) is 18.7 Å². The fourth-order valence-corrected chi connectivity index (χ4v) is 2.44. The third-order valence-electron chi connectivity index (χ3n) is 3.76. The molecule has 1 aliphatic heterocycles. The Kier molecular flexibility index (Phi) is 3.58. The van der Waals surface area contributed by atoms with Gasteiger partial charge in [-0.05, 0) is 25.1 Å². The monoisotopic (exact) mass is 339 g/mol. The normalized spacial score (nSPS) is 20.2. The second kappa shape index (κ2) is 5.36. The number of pyridine rings is 1. The first-order valence-electron chi connectivity index (χ1n) is 6.94. The summed E-state index contributed by atoms with van der Waals surface area (Å²) in [6.45, 7) is 0.370. The van der Waals surface area contributed by atoms with E-state index in [1.54, 1.807) is 12.1 Å². The number of alkyl halides is 3. The van der Waals surface area contributed by atoms with Crippen molar-refractivity contribution in [3.8, 4) is 5.75 Å². The van der Waals surface area contributed by atoms with E-state index in [1.807, 2.05) is 0 Å². The highest BCUT2D eigenvalue weighted by Gasteiger charge is 2.57. The fourth-order valence-electron chi connectivity index (χ4n) is 2.44. The van der Waals surface area contributed by atoms with Crippen molar-refractivity contribution in [1.82, 2.24) is 4.98 Å². The van der Waals surface area contributed by atoms with E-state index in [2.05, 4.69) is 4.98 Å². The molecule has 0 fully saturated rings. The third-order valence-corrected chi connectivity index (χ3v) is 3.76. The van der Waals surface area contributed by atoms with Crippen molar-refractivity contribution >= 4 is 17.2 Å². The molecule has 0 amide bonds. The summed E-state index contributed by atoms with van der Waals surface area (Å²) >= 11 is 0. The van der Waals surface area contributed by atoms with Crippen LogP contribution in [0.1, 0.15) is 6.92 Å². The first-order valence-corrected chi connectivity index (χ1v) is 6.94. The van der Waals surface area contributed by atoms with Gasteiger partial charge in [0.25, 0.3) is 5.69 Å². The predicted molar refractivity (Wildman–Crippen MR) is 79.4 cm³/mol. The molecule has 1 atom stereocenters. The molecule has 0 aliphatic carbocycles. The highest BCUT2D eigenvalue weighted by molar-refractivity contribution is 5.71. The molecule has 2 heterocycles. The van der Waals surface area contributed by atoms with Crippen molar-refractivity contribution in [2.75, 3.05) is 11.4 Å². The van der Waals surface area contributed by atoms with Crippen molar-refractivity contribution in [1.29, 1.82) is 0 Å². The number of nitro groups is 1. The van der Waals surface area contributed by atoms with E-state index in [9.17, 15) is 23.3 Å². The molecule has 1 aromatic heterocycles. The molecule has 0 N–H and O–H groups in total. The number of anilines is 2. The Labute approximate surface area is 134 Å². The zero-order valence-electron chi connectivity index (χ0n) is 12.4. The van der Waals surface area contributed by atoms with Gasteiger partial charge in [-0.1, -0.05) is 6.07 Å². The van der Waals surface area contributed by atoms with Gasteiger partial charge in [0.15, 0.2) is 0 Å². The Balaban J connectivity index is 2.16. The van der Waals surface area contributed by atoms with Crippen molar-refractivity contribution < 1.29 is 22.8 Å². The molecule has 9 heteroatoms.